The molecule has 0 heterocycles. The molecule has 0 saturated carbocycles. The molecule has 0 aromatic carbocycles. The van der Waals surface area contributed by atoms with Gasteiger partial charge in [-0.05, 0) is 57.6 Å². The first-order chi connectivity index (χ1) is 15.9. The van der Waals surface area contributed by atoms with Crippen LogP contribution >= 0.6 is 11.8 Å². The molecule has 0 aliphatic rings. The van der Waals surface area contributed by atoms with Crippen molar-refractivity contribution < 1.29 is 39.3 Å². The van der Waals surface area contributed by atoms with Gasteiger partial charge in [-0.1, -0.05) is 0 Å². The molecule has 10 N–H and O–H groups in total. The molecule has 0 radical (unpaired) electrons. The number of amides is 3. The van der Waals surface area contributed by atoms with Crippen molar-refractivity contribution in [3.8, 4) is 0 Å². The van der Waals surface area contributed by atoms with E-state index in [1.807, 2.05) is 0 Å². The smallest absolute Gasteiger partial charge is 0.328 e. The van der Waals surface area contributed by atoms with Gasteiger partial charge in [0.15, 0.2) is 6.04 Å². The first-order valence-electron chi connectivity index (χ1n) is 10.9. The highest BCUT2D eigenvalue weighted by molar-refractivity contribution is 7.98. The van der Waals surface area contributed by atoms with Gasteiger partial charge in [-0.15, -0.1) is 0 Å². The maximum absolute atomic E-state index is 12.9. The SMILES string of the molecule is CSCCC(NC(=O)C(N)CCC(=O)O)C(=O)NC(CCCCN)C(=O)NC(C(=O)O)C(C)O. The predicted molar refractivity (Wildman–Crippen MR) is 126 cm³/mol. The summed E-state index contributed by atoms with van der Waals surface area (Å²) in [5, 5.41) is 34.8. The summed E-state index contributed by atoms with van der Waals surface area (Å²) in [6.45, 7) is 1.57. The van der Waals surface area contributed by atoms with Crippen LogP contribution in [0.4, 0.5) is 0 Å². The lowest BCUT2D eigenvalue weighted by atomic mass is 10.1. The summed E-state index contributed by atoms with van der Waals surface area (Å²) in [6.07, 6.45) is 1.40. The van der Waals surface area contributed by atoms with Crippen LogP contribution in [0.5, 0.6) is 0 Å². The zero-order valence-corrected chi connectivity index (χ0v) is 20.3. The second-order valence-corrected chi connectivity index (χ2v) is 8.78. The molecular formula is C20H37N5O8S. The topological polar surface area (TPSA) is 234 Å². The largest absolute Gasteiger partial charge is 0.481 e. The van der Waals surface area contributed by atoms with Gasteiger partial charge in [0.2, 0.25) is 17.7 Å². The van der Waals surface area contributed by atoms with Gasteiger partial charge in [0.25, 0.3) is 0 Å². The van der Waals surface area contributed by atoms with Gasteiger partial charge in [0.1, 0.15) is 12.1 Å². The minimum atomic E-state index is -1.57. The fourth-order valence-electron chi connectivity index (χ4n) is 2.87. The van der Waals surface area contributed by atoms with E-state index >= 15 is 0 Å². The third-order valence-corrected chi connectivity index (χ3v) is 5.52. The quantitative estimate of drug-likeness (QED) is 0.0943. The number of rotatable bonds is 18. The van der Waals surface area contributed by atoms with Crippen molar-refractivity contribution in [3.63, 3.8) is 0 Å². The lowest BCUT2D eigenvalue weighted by Gasteiger charge is -2.25. The van der Waals surface area contributed by atoms with Gasteiger partial charge in [0, 0.05) is 6.42 Å². The minimum absolute atomic E-state index is 0.113. The van der Waals surface area contributed by atoms with Crippen LogP contribution < -0.4 is 27.4 Å². The van der Waals surface area contributed by atoms with E-state index in [0.29, 0.717) is 25.1 Å². The highest BCUT2D eigenvalue weighted by Gasteiger charge is 2.31. The Kier molecular flexibility index (Phi) is 15.9. The Labute approximate surface area is 202 Å². The van der Waals surface area contributed by atoms with Crippen LogP contribution in [0.15, 0.2) is 0 Å². The molecule has 0 spiro atoms. The van der Waals surface area contributed by atoms with Crippen LogP contribution in [0.25, 0.3) is 0 Å². The van der Waals surface area contributed by atoms with E-state index in [-0.39, 0.29) is 25.7 Å². The van der Waals surface area contributed by atoms with E-state index in [4.69, 9.17) is 16.6 Å². The fourth-order valence-corrected chi connectivity index (χ4v) is 3.34. The monoisotopic (exact) mass is 507 g/mol. The molecule has 0 saturated heterocycles. The number of carboxylic acid groups (broad SMARTS) is 2. The van der Waals surface area contributed by atoms with Crippen molar-refractivity contribution in [2.24, 2.45) is 11.5 Å². The molecule has 3 amide bonds. The number of carboxylic acids is 2. The van der Waals surface area contributed by atoms with Crippen LogP contribution in [0, 0.1) is 0 Å². The summed E-state index contributed by atoms with van der Waals surface area (Å²) in [6, 6.07) is -4.88. The maximum atomic E-state index is 12.9. The Balaban J connectivity index is 5.43. The van der Waals surface area contributed by atoms with Gasteiger partial charge < -0.3 is 42.7 Å². The number of aliphatic hydroxyl groups excluding tert-OH is 1. The average molecular weight is 508 g/mol. The number of aliphatic hydroxyl groups is 1. The molecule has 0 aromatic heterocycles. The average Bonchev–Trinajstić information content (AvgIpc) is 2.76. The number of hydrogen-bond donors (Lipinski definition) is 8. The molecule has 0 bridgehead atoms. The van der Waals surface area contributed by atoms with Crippen molar-refractivity contribution in [2.75, 3.05) is 18.6 Å². The summed E-state index contributed by atoms with van der Waals surface area (Å²) >= 11 is 1.43. The molecular weight excluding hydrogens is 470 g/mol. The second-order valence-electron chi connectivity index (χ2n) is 7.79. The molecule has 0 fully saturated rings. The Morgan fingerprint density at radius 3 is 1.94 bits per heavy atom. The van der Waals surface area contributed by atoms with Crippen molar-refractivity contribution in [3.05, 3.63) is 0 Å². The third kappa shape index (κ3) is 12.7. The molecule has 34 heavy (non-hydrogen) atoms. The van der Waals surface area contributed by atoms with Crippen molar-refractivity contribution in [1.29, 1.82) is 0 Å². The number of carbonyl (C=O) groups excluding carboxylic acids is 3. The summed E-state index contributed by atoms with van der Waals surface area (Å²) in [4.78, 5) is 60.0. The van der Waals surface area contributed by atoms with Crippen LogP contribution in [0.2, 0.25) is 0 Å². The van der Waals surface area contributed by atoms with Gasteiger partial charge in [-0.25, -0.2) is 4.79 Å². The van der Waals surface area contributed by atoms with Crippen molar-refractivity contribution in [1.82, 2.24) is 16.0 Å². The molecule has 0 aliphatic carbocycles. The Hall–Kier alpha value is -2.42. The number of nitrogens with one attached hydrogen (secondary N) is 3. The standard InChI is InChI=1S/C20H37N5O8S/c1-11(26)16(20(32)33)25-19(31)13(5-3-4-9-21)24-18(30)14(8-10-34-2)23-17(29)12(22)6-7-15(27)28/h11-14,16,26H,3-10,21-22H2,1-2H3,(H,23,29)(H,24,30)(H,25,31)(H,27,28)(H,32,33). The summed E-state index contributed by atoms with van der Waals surface area (Å²) in [7, 11) is 0. The van der Waals surface area contributed by atoms with Gasteiger partial charge in [0.05, 0.1) is 12.1 Å². The lowest BCUT2D eigenvalue weighted by molar-refractivity contribution is -0.145. The molecule has 196 valence electrons. The second kappa shape index (κ2) is 17.1. The van der Waals surface area contributed by atoms with Crippen LogP contribution in [0.1, 0.15) is 45.4 Å². The van der Waals surface area contributed by atoms with E-state index in [2.05, 4.69) is 16.0 Å². The third-order valence-electron chi connectivity index (χ3n) is 4.88. The normalized spacial score (nSPS) is 15.3. The molecule has 5 atom stereocenters. The molecule has 14 heteroatoms. The van der Waals surface area contributed by atoms with Crippen molar-refractivity contribution in [2.45, 2.75) is 75.7 Å². The van der Waals surface area contributed by atoms with Crippen LogP contribution in [-0.4, -0.2) is 93.8 Å². The Bertz CT molecular complexity index is 694. The lowest BCUT2D eigenvalue weighted by Crippen LogP contribution is -2.58. The van der Waals surface area contributed by atoms with Crippen LogP contribution in [-0.2, 0) is 24.0 Å². The number of unbranched alkanes of at least 4 members (excludes halogenated alkanes) is 1. The highest BCUT2D eigenvalue weighted by atomic mass is 32.2. The van der Waals surface area contributed by atoms with E-state index in [0.717, 1.165) is 0 Å². The molecule has 13 nitrogen and oxygen atoms in total. The van der Waals surface area contributed by atoms with Gasteiger partial charge in [-0.3, -0.25) is 19.2 Å². The zero-order valence-electron chi connectivity index (χ0n) is 19.5. The van der Waals surface area contributed by atoms with E-state index in [1.54, 1.807) is 6.26 Å². The number of aliphatic carboxylic acids is 2. The summed E-state index contributed by atoms with van der Waals surface area (Å²) in [5.41, 5.74) is 11.2. The predicted octanol–water partition coefficient (Wildman–Crippen LogP) is -2.02. The number of hydrogen-bond acceptors (Lipinski definition) is 9. The zero-order chi connectivity index (χ0) is 26.3. The number of carbonyl (C=O) groups is 5. The molecule has 0 aliphatic heterocycles. The summed E-state index contributed by atoms with van der Waals surface area (Å²) in [5.74, 6) is -4.22. The molecule has 0 aromatic rings. The first kappa shape index (κ1) is 31.6. The Morgan fingerprint density at radius 2 is 1.44 bits per heavy atom. The van der Waals surface area contributed by atoms with Gasteiger partial charge >= 0.3 is 11.9 Å². The number of thioether (sulfide) groups is 1. The summed E-state index contributed by atoms with van der Waals surface area (Å²) < 4.78 is 0. The van der Waals surface area contributed by atoms with Gasteiger partial charge in [-0.2, -0.15) is 11.8 Å². The maximum Gasteiger partial charge on any atom is 0.328 e. The van der Waals surface area contributed by atoms with Crippen LogP contribution in [0.3, 0.4) is 0 Å². The number of nitrogens with two attached hydrogens (primary N) is 2. The fraction of sp³-hybridized carbons (Fsp3) is 0.750. The molecule has 0 rings (SSSR count). The van der Waals surface area contributed by atoms with Crippen molar-refractivity contribution >= 4 is 41.4 Å². The Morgan fingerprint density at radius 1 is 0.882 bits per heavy atom. The van der Waals surface area contributed by atoms with E-state index in [1.165, 1.54) is 18.7 Å². The highest BCUT2D eigenvalue weighted by Crippen LogP contribution is 2.07. The molecule has 5 unspecified atom stereocenters. The first-order valence-corrected chi connectivity index (χ1v) is 12.3. The van der Waals surface area contributed by atoms with E-state index < -0.39 is 59.9 Å². The minimum Gasteiger partial charge on any atom is -0.481 e. The van der Waals surface area contributed by atoms with E-state index in [9.17, 15) is 34.2 Å².